The molecule has 36 heavy (non-hydrogen) atoms. The Morgan fingerprint density at radius 2 is 2.14 bits per heavy atom. The highest BCUT2D eigenvalue weighted by atomic mass is 32.2. The number of benzene rings is 1. The van der Waals surface area contributed by atoms with E-state index in [9.17, 15) is 4.79 Å². The van der Waals surface area contributed by atoms with E-state index < -0.39 is 0 Å². The Bertz CT molecular complexity index is 1640. The molecule has 0 bridgehead atoms. The lowest BCUT2D eigenvalue weighted by molar-refractivity contribution is -0.113. The first-order valence-corrected chi connectivity index (χ1v) is 13.0. The number of thioether (sulfide) groups is 1. The number of nitrogens with zero attached hydrogens (tertiary/aromatic N) is 6. The van der Waals surface area contributed by atoms with Crippen LogP contribution in [0.5, 0.6) is 11.5 Å². The zero-order valence-corrected chi connectivity index (χ0v) is 21.7. The van der Waals surface area contributed by atoms with Gasteiger partial charge in [0.1, 0.15) is 22.7 Å². The van der Waals surface area contributed by atoms with Crippen LogP contribution in [0, 0.1) is 0 Å². The van der Waals surface area contributed by atoms with E-state index in [4.69, 9.17) is 14.2 Å². The summed E-state index contributed by atoms with van der Waals surface area (Å²) in [5.41, 5.74) is 2.27. The zero-order chi connectivity index (χ0) is 25.0. The predicted octanol–water partition coefficient (Wildman–Crippen LogP) is 3.59. The molecule has 0 atom stereocenters. The van der Waals surface area contributed by atoms with Gasteiger partial charge in [-0.15, -0.1) is 21.5 Å². The maximum atomic E-state index is 12.8. The average molecular weight is 526 g/mol. The number of fused-ring (bicyclic) bond motifs is 8. The van der Waals surface area contributed by atoms with E-state index in [1.54, 1.807) is 48.3 Å². The van der Waals surface area contributed by atoms with Crippen molar-refractivity contribution in [2.75, 3.05) is 25.3 Å². The molecule has 0 aliphatic carbocycles. The number of carbonyl (C=O) groups is 1. The van der Waals surface area contributed by atoms with Gasteiger partial charge in [0.05, 0.1) is 43.3 Å². The largest absolute Gasteiger partial charge is 0.497 e. The van der Waals surface area contributed by atoms with Crippen LogP contribution in [0.4, 0.5) is 5.69 Å². The van der Waals surface area contributed by atoms with Crippen LogP contribution in [0.25, 0.3) is 21.6 Å². The average Bonchev–Trinajstić information content (AvgIpc) is 3.58. The van der Waals surface area contributed by atoms with E-state index in [2.05, 4.69) is 39.4 Å². The summed E-state index contributed by atoms with van der Waals surface area (Å²) in [6, 6.07) is 5.23. The summed E-state index contributed by atoms with van der Waals surface area (Å²) in [7, 11) is 3.12. The number of amides is 1. The molecule has 1 aliphatic rings. The van der Waals surface area contributed by atoms with Crippen LogP contribution in [-0.2, 0) is 22.6 Å². The fourth-order valence-corrected chi connectivity index (χ4v) is 6.39. The van der Waals surface area contributed by atoms with E-state index in [-0.39, 0.29) is 17.3 Å². The molecule has 0 unspecified atom stereocenters. The smallest absolute Gasteiger partial charge is 0.260 e. The molecule has 1 amide bonds. The highest BCUT2D eigenvalue weighted by Gasteiger charge is 2.32. The van der Waals surface area contributed by atoms with Gasteiger partial charge in [-0.25, -0.2) is 9.38 Å². The van der Waals surface area contributed by atoms with Gasteiger partial charge in [0, 0.05) is 17.4 Å². The van der Waals surface area contributed by atoms with Crippen LogP contribution < -0.4 is 14.8 Å². The Hall–Kier alpha value is -3.42. The van der Waals surface area contributed by atoms with Crippen LogP contribution in [0.1, 0.15) is 24.3 Å². The van der Waals surface area contributed by atoms with Crippen molar-refractivity contribution < 1.29 is 19.0 Å². The maximum Gasteiger partial charge on any atom is 0.260 e. The molecule has 5 heterocycles. The highest BCUT2D eigenvalue weighted by molar-refractivity contribution is 7.99. The number of carbonyl (C=O) groups excluding carboxylic acids is 1. The Morgan fingerprint density at radius 1 is 1.28 bits per heavy atom. The third-order valence-electron chi connectivity index (χ3n) is 6.06. The van der Waals surface area contributed by atoms with Crippen molar-refractivity contribution in [3.63, 3.8) is 0 Å². The van der Waals surface area contributed by atoms with Crippen molar-refractivity contribution in [3.05, 3.63) is 35.0 Å². The summed E-state index contributed by atoms with van der Waals surface area (Å²) in [6.45, 7) is 4.73. The van der Waals surface area contributed by atoms with E-state index in [0.717, 1.165) is 27.2 Å². The van der Waals surface area contributed by atoms with E-state index in [0.29, 0.717) is 34.7 Å². The first-order chi connectivity index (χ1) is 17.4. The van der Waals surface area contributed by atoms with Crippen molar-refractivity contribution in [2.24, 2.45) is 0 Å². The lowest BCUT2D eigenvalue weighted by atomic mass is 9.94. The summed E-state index contributed by atoms with van der Waals surface area (Å²) in [5, 5.41) is 17.7. The Kier molecular flexibility index (Phi) is 5.50. The monoisotopic (exact) mass is 525 g/mol. The zero-order valence-electron chi connectivity index (χ0n) is 20.1. The van der Waals surface area contributed by atoms with Gasteiger partial charge >= 0.3 is 0 Å². The Balaban J connectivity index is 1.35. The summed E-state index contributed by atoms with van der Waals surface area (Å²) in [6.07, 6.45) is 2.30. The van der Waals surface area contributed by atoms with Gasteiger partial charge in [-0.2, -0.15) is 9.61 Å². The molecule has 11 nitrogen and oxygen atoms in total. The van der Waals surface area contributed by atoms with E-state index in [1.165, 1.54) is 23.7 Å². The molecule has 0 spiro atoms. The number of methoxy groups -OCH3 is 2. The summed E-state index contributed by atoms with van der Waals surface area (Å²) >= 11 is 2.95. The number of nitrogens with one attached hydrogen (secondary N) is 1. The minimum Gasteiger partial charge on any atom is -0.497 e. The van der Waals surface area contributed by atoms with Crippen molar-refractivity contribution >= 4 is 56.3 Å². The molecule has 1 aliphatic heterocycles. The predicted molar refractivity (Wildman–Crippen MR) is 136 cm³/mol. The molecule has 0 saturated heterocycles. The van der Waals surface area contributed by atoms with Gasteiger partial charge < -0.3 is 19.5 Å². The van der Waals surface area contributed by atoms with E-state index >= 15 is 0 Å². The van der Waals surface area contributed by atoms with Crippen LogP contribution in [-0.4, -0.2) is 60.7 Å². The van der Waals surface area contributed by atoms with Crippen LogP contribution in [0.15, 0.2) is 29.7 Å². The minimum atomic E-state index is -0.266. The number of hydrogen-bond acceptors (Lipinski definition) is 10. The lowest BCUT2D eigenvalue weighted by Gasteiger charge is -2.30. The third-order valence-corrected chi connectivity index (χ3v) is 8.18. The molecule has 186 valence electrons. The van der Waals surface area contributed by atoms with Gasteiger partial charge in [0.15, 0.2) is 10.8 Å². The third kappa shape index (κ3) is 3.74. The SMILES string of the molecule is COc1ccc(NC(=O)CSc2nnc3n4ncnc4c4c5c(sc4n23)COC(C)(C)C5)c(OC)c1. The second-order valence-corrected chi connectivity index (χ2v) is 11.0. The summed E-state index contributed by atoms with van der Waals surface area (Å²) < 4.78 is 20.3. The van der Waals surface area contributed by atoms with Gasteiger partial charge in [0.2, 0.25) is 5.91 Å². The molecular weight excluding hydrogens is 502 g/mol. The standard InChI is InChI=1S/C23H23N7O4S2/c1-23(2)8-13-16(9-34-23)36-20-18(13)19-24-11-25-30(19)21-27-28-22(29(20)21)35-10-17(31)26-14-6-5-12(32-3)7-15(14)33-4/h5-7,11H,8-10H2,1-4H3,(H,26,31). The summed E-state index contributed by atoms with van der Waals surface area (Å²) in [4.78, 5) is 19.5. The number of anilines is 1. The molecular formula is C23H23N7O4S2. The Morgan fingerprint density at radius 3 is 2.94 bits per heavy atom. The molecule has 6 rings (SSSR count). The number of thiophene rings is 1. The second-order valence-electron chi connectivity index (χ2n) is 8.93. The topological polar surface area (TPSA) is 117 Å². The van der Waals surface area contributed by atoms with Crippen LogP contribution in [0.3, 0.4) is 0 Å². The van der Waals surface area contributed by atoms with Crippen LogP contribution in [0.2, 0.25) is 0 Å². The lowest BCUT2D eigenvalue weighted by Crippen LogP contribution is -2.31. The van der Waals surface area contributed by atoms with E-state index in [1.807, 2.05) is 4.40 Å². The molecule has 4 aromatic heterocycles. The minimum absolute atomic E-state index is 0.133. The van der Waals surface area contributed by atoms with Crippen molar-refractivity contribution in [1.29, 1.82) is 0 Å². The number of rotatable bonds is 6. The van der Waals surface area contributed by atoms with Gasteiger partial charge in [0.25, 0.3) is 5.78 Å². The van der Waals surface area contributed by atoms with Gasteiger partial charge in [-0.3, -0.25) is 4.79 Å². The normalized spacial score (nSPS) is 14.9. The molecule has 0 saturated carbocycles. The number of ether oxygens (including phenoxy) is 3. The number of aromatic nitrogens is 6. The fraction of sp³-hybridized carbons (Fsp3) is 0.348. The molecule has 0 radical (unpaired) electrons. The number of hydrogen-bond donors (Lipinski definition) is 1. The fourth-order valence-electron chi connectivity index (χ4n) is 4.37. The quantitative estimate of drug-likeness (QED) is 0.332. The molecule has 0 fully saturated rings. The van der Waals surface area contributed by atoms with Crippen molar-refractivity contribution in [2.45, 2.75) is 37.6 Å². The highest BCUT2D eigenvalue weighted by Crippen LogP contribution is 2.41. The second kappa shape index (κ2) is 8.61. The molecule has 5 aromatic rings. The Labute approximate surface area is 213 Å². The van der Waals surface area contributed by atoms with Gasteiger partial charge in [-0.05, 0) is 31.5 Å². The maximum absolute atomic E-state index is 12.8. The van der Waals surface area contributed by atoms with Crippen molar-refractivity contribution in [1.82, 2.24) is 29.2 Å². The molecule has 1 aromatic carbocycles. The first-order valence-electron chi connectivity index (χ1n) is 11.2. The van der Waals surface area contributed by atoms with Crippen LogP contribution >= 0.6 is 23.1 Å². The molecule has 13 heteroatoms. The summed E-state index contributed by atoms with van der Waals surface area (Å²) in [5.74, 6) is 1.65. The molecule has 1 N–H and O–H groups in total. The van der Waals surface area contributed by atoms with Gasteiger partial charge in [-0.1, -0.05) is 11.8 Å². The first kappa shape index (κ1) is 23.0. The van der Waals surface area contributed by atoms with Crippen molar-refractivity contribution in [3.8, 4) is 11.5 Å².